The minimum Gasteiger partial charge on any atom is -0.478 e. The highest BCUT2D eigenvalue weighted by atomic mass is 16.4. The summed E-state index contributed by atoms with van der Waals surface area (Å²) in [5.41, 5.74) is 1.19. The highest BCUT2D eigenvalue weighted by molar-refractivity contribution is 5.94. The molecule has 2 rings (SSSR count). The number of aryl methyl sites for hydroxylation is 2. The van der Waals surface area contributed by atoms with E-state index >= 15 is 0 Å². The lowest BCUT2D eigenvalue weighted by molar-refractivity contribution is 0.0697. The summed E-state index contributed by atoms with van der Waals surface area (Å²) < 4.78 is 1.47. The number of carboxylic acids is 1. The van der Waals surface area contributed by atoms with E-state index < -0.39 is 5.97 Å². The number of carbonyl (C=O) groups is 1. The van der Waals surface area contributed by atoms with Crippen molar-refractivity contribution in [1.82, 2.24) is 19.7 Å². The second-order valence-electron chi connectivity index (χ2n) is 3.25. The third-order valence-corrected chi connectivity index (χ3v) is 2.02. The van der Waals surface area contributed by atoms with E-state index in [2.05, 4.69) is 15.1 Å². The average molecular weight is 206 g/mol. The van der Waals surface area contributed by atoms with Gasteiger partial charge >= 0.3 is 5.97 Å². The number of aromatic carboxylic acids is 1. The lowest BCUT2D eigenvalue weighted by atomic mass is 10.2. The topological polar surface area (TPSA) is 83.8 Å². The SMILES string of the molecule is Cc1ncc(-c2nn(C)cc2C(=O)O)[nH]1. The Labute approximate surface area is 85.6 Å². The van der Waals surface area contributed by atoms with Crippen LogP contribution in [0.4, 0.5) is 0 Å². The van der Waals surface area contributed by atoms with Crippen molar-refractivity contribution in [1.29, 1.82) is 0 Å². The van der Waals surface area contributed by atoms with Gasteiger partial charge in [-0.3, -0.25) is 4.68 Å². The maximum Gasteiger partial charge on any atom is 0.339 e. The van der Waals surface area contributed by atoms with Crippen molar-refractivity contribution in [2.75, 3.05) is 0 Å². The second kappa shape index (κ2) is 3.23. The van der Waals surface area contributed by atoms with E-state index in [0.717, 1.165) is 5.82 Å². The fourth-order valence-electron chi connectivity index (χ4n) is 1.39. The number of aromatic nitrogens is 4. The van der Waals surface area contributed by atoms with Gasteiger partial charge in [0.25, 0.3) is 0 Å². The molecule has 2 aromatic heterocycles. The molecule has 0 aromatic carbocycles. The standard InChI is InChI=1S/C9H10N4O2/c1-5-10-3-7(11-5)8-6(9(14)15)4-13(2)12-8/h3-4H,1-2H3,(H,10,11)(H,14,15). The number of imidazole rings is 1. The van der Waals surface area contributed by atoms with Gasteiger partial charge in [0.15, 0.2) is 0 Å². The normalized spacial score (nSPS) is 10.5. The van der Waals surface area contributed by atoms with Gasteiger partial charge in [-0.1, -0.05) is 0 Å². The summed E-state index contributed by atoms with van der Waals surface area (Å²) in [7, 11) is 1.68. The van der Waals surface area contributed by atoms with Crippen LogP contribution >= 0.6 is 0 Å². The fourth-order valence-corrected chi connectivity index (χ4v) is 1.39. The maximum absolute atomic E-state index is 10.9. The number of hydrogen-bond donors (Lipinski definition) is 2. The smallest absolute Gasteiger partial charge is 0.339 e. The van der Waals surface area contributed by atoms with Gasteiger partial charge in [-0.2, -0.15) is 5.10 Å². The van der Waals surface area contributed by atoms with Gasteiger partial charge < -0.3 is 10.1 Å². The van der Waals surface area contributed by atoms with Gasteiger partial charge in [0.1, 0.15) is 17.1 Å². The molecule has 0 saturated heterocycles. The van der Waals surface area contributed by atoms with Crippen molar-refractivity contribution in [3.8, 4) is 11.4 Å². The van der Waals surface area contributed by atoms with E-state index in [1.165, 1.54) is 10.9 Å². The Morgan fingerprint density at radius 2 is 2.33 bits per heavy atom. The van der Waals surface area contributed by atoms with Crippen LogP contribution in [0.2, 0.25) is 0 Å². The van der Waals surface area contributed by atoms with Crippen LogP contribution in [-0.2, 0) is 7.05 Å². The third kappa shape index (κ3) is 1.61. The first-order chi connectivity index (χ1) is 7.08. The molecule has 78 valence electrons. The molecule has 0 bridgehead atoms. The van der Waals surface area contributed by atoms with Crippen molar-refractivity contribution in [2.45, 2.75) is 6.92 Å². The van der Waals surface area contributed by atoms with Gasteiger partial charge in [-0.05, 0) is 6.92 Å². The third-order valence-electron chi connectivity index (χ3n) is 2.02. The molecule has 6 nitrogen and oxygen atoms in total. The predicted octanol–water partition coefficient (Wildman–Crippen LogP) is 0.817. The molecule has 0 aliphatic carbocycles. The molecule has 0 unspecified atom stereocenters. The number of aromatic amines is 1. The van der Waals surface area contributed by atoms with Gasteiger partial charge in [0.05, 0.1) is 11.9 Å². The van der Waals surface area contributed by atoms with Crippen molar-refractivity contribution in [2.24, 2.45) is 7.05 Å². The van der Waals surface area contributed by atoms with Crippen molar-refractivity contribution in [3.05, 3.63) is 23.8 Å². The Bertz CT molecular complexity index is 512. The van der Waals surface area contributed by atoms with Crippen LogP contribution in [0.1, 0.15) is 16.2 Å². The first kappa shape index (κ1) is 9.45. The Morgan fingerprint density at radius 3 is 2.87 bits per heavy atom. The molecular weight excluding hydrogens is 196 g/mol. The zero-order valence-corrected chi connectivity index (χ0v) is 8.35. The van der Waals surface area contributed by atoms with E-state index in [1.54, 1.807) is 20.2 Å². The number of nitrogens with zero attached hydrogens (tertiary/aromatic N) is 3. The first-order valence-electron chi connectivity index (χ1n) is 4.37. The summed E-state index contributed by atoms with van der Waals surface area (Å²) in [4.78, 5) is 17.9. The Kier molecular flexibility index (Phi) is 2.03. The Morgan fingerprint density at radius 1 is 1.60 bits per heavy atom. The van der Waals surface area contributed by atoms with Gasteiger partial charge in [0.2, 0.25) is 0 Å². The van der Waals surface area contributed by atoms with E-state index in [1.807, 2.05) is 0 Å². The lowest BCUT2D eigenvalue weighted by Gasteiger charge is -1.92. The molecule has 2 heterocycles. The summed E-state index contributed by atoms with van der Waals surface area (Å²) in [5, 5.41) is 13.0. The predicted molar refractivity (Wildman–Crippen MR) is 52.5 cm³/mol. The van der Waals surface area contributed by atoms with Crippen LogP contribution in [-0.4, -0.2) is 30.8 Å². The summed E-state index contributed by atoms with van der Waals surface area (Å²) >= 11 is 0. The minimum absolute atomic E-state index is 0.168. The second-order valence-corrected chi connectivity index (χ2v) is 3.25. The molecule has 6 heteroatoms. The summed E-state index contributed by atoms with van der Waals surface area (Å²) in [6.45, 7) is 1.80. The monoisotopic (exact) mass is 206 g/mol. The van der Waals surface area contributed by atoms with Gasteiger partial charge in [-0.25, -0.2) is 9.78 Å². The quantitative estimate of drug-likeness (QED) is 0.761. The van der Waals surface area contributed by atoms with Gasteiger partial charge in [-0.15, -0.1) is 0 Å². The van der Waals surface area contributed by atoms with Crippen LogP contribution in [0.5, 0.6) is 0 Å². The lowest BCUT2D eigenvalue weighted by Crippen LogP contribution is -1.96. The number of rotatable bonds is 2. The largest absolute Gasteiger partial charge is 0.478 e. The zero-order valence-electron chi connectivity index (χ0n) is 8.35. The number of H-pyrrole nitrogens is 1. The number of nitrogens with one attached hydrogen (secondary N) is 1. The van der Waals surface area contributed by atoms with Crippen LogP contribution in [0.3, 0.4) is 0 Å². The molecule has 0 atom stereocenters. The van der Waals surface area contributed by atoms with Crippen molar-refractivity contribution < 1.29 is 9.90 Å². The molecule has 2 aromatic rings. The average Bonchev–Trinajstić information content (AvgIpc) is 2.71. The molecular formula is C9H10N4O2. The van der Waals surface area contributed by atoms with Crippen LogP contribution in [0.25, 0.3) is 11.4 Å². The van der Waals surface area contributed by atoms with Crippen LogP contribution in [0, 0.1) is 6.92 Å². The summed E-state index contributed by atoms with van der Waals surface area (Å²) in [5.74, 6) is -0.266. The van der Waals surface area contributed by atoms with Crippen LogP contribution < -0.4 is 0 Å². The zero-order chi connectivity index (χ0) is 11.0. The molecule has 0 fully saturated rings. The molecule has 15 heavy (non-hydrogen) atoms. The summed E-state index contributed by atoms with van der Waals surface area (Å²) in [6, 6.07) is 0. The molecule has 0 amide bonds. The summed E-state index contributed by atoms with van der Waals surface area (Å²) in [6.07, 6.45) is 3.04. The molecule has 0 spiro atoms. The number of carboxylic acid groups (broad SMARTS) is 1. The molecule has 2 N–H and O–H groups in total. The first-order valence-corrected chi connectivity index (χ1v) is 4.37. The maximum atomic E-state index is 10.9. The Hall–Kier alpha value is -2.11. The van der Waals surface area contributed by atoms with E-state index in [-0.39, 0.29) is 5.56 Å². The van der Waals surface area contributed by atoms with Crippen molar-refractivity contribution >= 4 is 5.97 Å². The molecule has 0 radical (unpaired) electrons. The highest BCUT2D eigenvalue weighted by Crippen LogP contribution is 2.19. The van der Waals surface area contributed by atoms with E-state index in [0.29, 0.717) is 11.4 Å². The fraction of sp³-hybridized carbons (Fsp3) is 0.222. The van der Waals surface area contributed by atoms with E-state index in [4.69, 9.17) is 5.11 Å². The molecule has 0 saturated carbocycles. The van der Waals surface area contributed by atoms with E-state index in [9.17, 15) is 4.79 Å². The van der Waals surface area contributed by atoms with Crippen molar-refractivity contribution in [3.63, 3.8) is 0 Å². The van der Waals surface area contributed by atoms with Gasteiger partial charge in [0, 0.05) is 13.2 Å². The Balaban J connectivity index is 2.56. The minimum atomic E-state index is -0.995. The highest BCUT2D eigenvalue weighted by Gasteiger charge is 2.17. The van der Waals surface area contributed by atoms with Crippen LogP contribution in [0.15, 0.2) is 12.4 Å². The number of hydrogen-bond acceptors (Lipinski definition) is 3. The molecule has 0 aliphatic rings. The molecule has 0 aliphatic heterocycles.